The maximum absolute atomic E-state index is 12.7. The topological polar surface area (TPSA) is 77.2 Å². The number of ether oxygens (including phenoxy) is 1. The number of amides is 1. The van der Waals surface area contributed by atoms with Crippen molar-refractivity contribution in [3.8, 4) is 0 Å². The van der Waals surface area contributed by atoms with Gasteiger partial charge in [0.15, 0.2) is 0 Å². The maximum Gasteiger partial charge on any atom is 0.267 e. The number of thiophene rings is 1. The normalized spacial score (nSPS) is 11.0. The number of hydrogen-bond acceptors (Lipinski definition) is 5. The lowest BCUT2D eigenvalue weighted by Gasteiger charge is -2.07. The summed E-state index contributed by atoms with van der Waals surface area (Å²) in [6.07, 6.45) is 0. The van der Waals surface area contributed by atoms with Crippen LogP contribution in [0.15, 0.2) is 28.7 Å². The van der Waals surface area contributed by atoms with E-state index < -0.39 is 0 Å². The highest BCUT2D eigenvalue weighted by Gasteiger charge is 2.20. The number of anilines is 2. The second-order valence-electron chi connectivity index (χ2n) is 5.46. The van der Waals surface area contributed by atoms with Crippen molar-refractivity contribution >= 4 is 66.4 Å². The molecule has 1 aromatic carbocycles. The summed E-state index contributed by atoms with van der Waals surface area (Å²) in [5.41, 5.74) is 8.95. The number of aryl methyl sites for hydroxylation is 1. The molecule has 0 atom stereocenters. The van der Waals surface area contributed by atoms with Crippen LogP contribution in [0.25, 0.3) is 10.2 Å². The minimum atomic E-state index is -0.314. The van der Waals surface area contributed by atoms with Crippen LogP contribution in [-0.2, 0) is 11.3 Å². The van der Waals surface area contributed by atoms with Crippen LogP contribution in [0.5, 0.6) is 0 Å². The summed E-state index contributed by atoms with van der Waals surface area (Å²) in [6, 6.07) is 7.17. The number of hydrogen-bond donors (Lipinski definition) is 2. The number of benzene rings is 1. The molecule has 0 spiro atoms. The molecule has 0 bridgehead atoms. The lowest BCUT2D eigenvalue weighted by atomic mass is 10.1. The molecule has 0 saturated carbocycles. The minimum Gasteiger partial charge on any atom is -0.397 e. The zero-order chi connectivity index (χ0) is 18.1. The zero-order valence-corrected chi connectivity index (χ0v) is 16.7. The summed E-state index contributed by atoms with van der Waals surface area (Å²) in [4.78, 5) is 18.3. The number of fused-ring (bicyclic) bond motifs is 1. The molecule has 0 aliphatic heterocycles. The molecule has 0 fully saturated rings. The third kappa shape index (κ3) is 3.64. The van der Waals surface area contributed by atoms with Crippen LogP contribution in [-0.4, -0.2) is 18.0 Å². The molecule has 0 aliphatic carbocycles. The van der Waals surface area contributed by atoms with Gasteiger partial charge in [-0.1, -0.05) is 27.5 Å². The van der Waals surface area contributed by atoms with E-state index in [2.05, 4.69) is 26.2 Å². The van der Waals surface area contributed by atoms with Crippen molar-refractivity contribution < 1.29 is 9.53 Å². The molecular weight excluding hydrogens is 426 g/mol. The van der Waals surface area contributed by atoms with Gasteiger partial charge in [0.25, 0.3) is 5.91 Å². The fraction of sp³-hybridized carbons (Fsp3) is 0.176. The highest BCUT2D eigenvalue weighted by molar-refractivity contribution is 9.10. The predicted molar refractivity (Wildman–Crippen MR) is 107 cm³/mol. The maximum atomic E-state index is 12.7. The molecule has 3 rings (SSSR count). The van der Waals surface area contributed by atoms with E-state index in [-0.39, 0.29) is 5.91 Å². The van der Waals surface area contributed by atoms with Gasteiger partial charge >= 0.3 is 0 Å². The number of methoxy groups -OCH3 is 1. The fourth-order valence-corrected chi connectivity index (χ4v) is 4.35. The van der Waals surface area contributed by atoms with E-state index in [4.69, 9.17) is 22.1 Å². The van der Waals surface area contributed by atoms with Crippen molar-refractivity contribution in [1.82, 2.24) is 4.98 Å². The molecular formula is C17H15BrClN3O2S. The van der Waals surface area contributed by atoms with Crippen molar-refractivity contribution in [2.45, 2.75) is 13.5 Å². The second-order valence-corrected chi connectivity index (χ2v) is 7.78. The Hall–Kier alpha value is -1.67. The molecule has 5 nitrogen and oxygen atoms in total. The van der Waals surface area contributed by atoms with Crippen LogP contribution in [0.1, 0.15) is 20.9 Å². The number of halogens is 2. The fourth-order valence-electron chi connectivity index (χ4n) is 2.55. The van der Waals surface area contributed by atoms with E-state index >= 15 is 0 Å². The number of carbonyl (C=O) groups excluding carboxylic acids is 1. The number of carbonyl (C=O) groups is 1. The number of nitrogens with one attached hydrogen (secondary N) is 1. The Balaban J connectivity index is 2.02. The Morgan fingerprint density at radius 1 is 1.44 bits per heavy atom. The molecule has 3 N–H and O–H groups in total. The van der Waals surface area contributed by atoms with Crippen LogP contribution in [0, 0.1) is 6.92 Å². The minimum absolute atomic E-state index is 0.314. The molecule has 0 unspecified atom stereocenters. The lowest BCUT2D eigenvalue weighted by molar-refractivity contribution is 0.103. The van der Waals surface area contributed by atoms with Crippen LogP contribution >= 0.6 is 38.9 Å². The van der Waals surface area contributed by atoms with E-state index in [9.17, 15) is 4.79 Å². The number of nitrogen functional groups attached to an aromatic ring is 1. The van der Waals surface area contributed by atoms with Gasteiger partial charge in [-0.05, 0) is 36.8 Å². The number of nitrogens with zero attached hydrogens (tertiary/aromatic N) is 1. The summed E-state index contributed by atoms with van der Waals surface area (Å²) < 4.78 is 6.07. The molecule has 25 heavy (non-hydrogen) atoms. The average molecular weight is 441 g/mol. The van der Waals surface area contributed by atoms with Crippen molar-refractivity contribution in [1.29, 1.82) is 0 Å². The van der Waals surface area contributed by atoms with Gasteiger partial charge in [0, 0.05) is 22.7 Å². The smallest absolute Gasteiger partial charge is 0.267 e. The first kappa shape index (κ1) is 18.1. The molecule has 0 saturated heterocycles. The average Bonchev–Trinajstić information content (AvgIpc) is 2.87. The Kier molecular flexibility index (Phi) is 5.29. The van der Waals surface area contributed by atoms with E-state index in [0.717, 1.165) is 25.9 Å². The molecule has 0 radical (unpaired) electrons. The van der Waals surface area contributed by atoms with Crippen molar-refractivity contribution in [3.63, 3.8) is 0 Å². The zero-order valence-electron chi connectivity index (χ0n) is 13.5. The van der Waals surface area contributed by atoms with Crippen molar-refractivity contribution in [2.24, 2.45) is 0 Å². The van der Waals surface area contributed by atoms with Crippen molar-refractivity contribution in [2.75, 3.05) is 18.2 Å². The molecule has 2 aromatic heterocycles. The third-order valence-corrected chi connectivity index (χ3v) is 5.50. The lowest BCUT2D eigenvalue weighted by Crippen LogP contribution is -2.12. The summed E-state index contributed by atoms with van der Waals surface area (Å²) in [6.45, 7) is 2.30. The Labute approximate surface area is 162 Å². The second kappa shape index (κ2) is 7.29. The number of pyridine rings is 1. The van der Waals surface area contributed by atoms with Gasteiger partial charge < -0.3 is 15.8 Å². The van der Waals surface area contributed by atoms with E-state index in [1.807, 2.05) is 13.0 Å². The van der Waals surface area contributed by atoms with E-state index in [0.29, 0.717) is 27.9 Å². The van der Waals surface area contributed by atoms with Crippen molar-refractivity contribution in [3.05, 3.63) is 49.9 Å². The van der Waals surface area contributed by atoms with Gasteiger partial charge in [-0.3, -0.25) is 4.79 Å². The Morgan fingerprint density at radius 3 is 2.88 bits per heavy atom. The number of nitrogens with two attached hydrogens (primary N) is 1. The Bertz CT molecular complexity index is 974. The first-order chi connectivity index (χ1) is 11.9. The van der Waals surface area contributed by atoms with Gasteiger partial charge in [-0.2, -0.15) is 0 Å². The molecule has 1 amide bonds. The number of rotatable bonds is 4. The predicted octanol–water partition coefficient (Wildman–Crippen LogP) is 5.00. The van der Waals surface area contributed by atoms with Gasteiger partial charge in [-0.25, -0.2) is 4.98 Å². The summed E-state index contributed by atoms with van der Waals surface area (Å²) in [5.74, 6) is -0.314. The SMILES string of the molecule is COCc1cc(C)nc2sc(C(=O)Nc3ccc(Br)cc3Cl)c(N)c12. The molecule has 8 heteroatoms. The monoisotopic (exact) mass is 439 g/mol. The Morgan fingerprint density at radius 2 is 2.20 bits per heavy atom. The molecule has 0 aliphatic rings. The van der Waals surface area contributed by atoms with Gasteiger partial charge in [0.05, 0.1) is 23.0 Å². The van der Waals surface area contributed by atoms with Gasteiger partial charge in [-0.15, -0.1) is 11.3 Å². The summed E-state index contributed by atoms with van der Waals surface area (Å²) >= 11 is 10.8. The van der Waals surface area contributed by atoms with Crippen LogP contribution in [0.4, 0.5) is 11.4 Å². The molecule has 3 aromatic rings. The first-order valence-electron chi connectivity index (χ1n) is 7.34. The molecule has 130 valence electrons. The van der Waals surface area contributed by atoms with E-state index in [1.165, 1.54) is 11.3 Å². The van der Waals surface area contributed by atoms with Crippen LogP contribution < -0.4 is 11.1 Å². The quantitative estimate of drug-likeness (QED) is 0.598. The largest absolute Gasteiger partial charge is 0.397 e. The van der Waals surface area contributed by atoms with Gasteiger partial charge in [0.1, 0.15) is 9.71 Å². The number of aromatic nitrogens is 1. The third-order valence-electron chi connectivity index (χ3n) is 3.59. The highest BCUT2D eigenvalue weighted by atomic mass is 79.9. The first-order valence-corrected chi connectivity index (χ1v) is 9.33. The molecule has 2 heterocycles. The van der Waals surface area contributed by atoms with Crippen LogP contribution in [0.2, 0.25) is 5.02 Å². The van der Waals surface area contributed by atoms with E-state index in [1.54, 1.807) is 25.3 Å². The summed E-state index contributed by atoms with van der Waals surface area (Å²) in [5, 5.41) is 4.01. The summed E-state index contributed by atoms with van der Waals surface area (Å²) in [7, 11) is 1.62. The highest BCUT2D eigenvalue weighted by Crippen LogP contribution is 2.36. The standard InChI is InChI=1S/C17H15BrClN3O2S/c1-8-5-9(7-24-2)13-14(20)15(25-17(13)21-8)16(23)22-12-4-3-10(18)6-11(12)19/h3-6H,7,20H2,1-2H3,(H,22,23). The van der Waals surface area contributed by atoms with Gasteiger partial charge in [0.2, 0.25) is 0 Å². The van der Waals surface area contributed by atoms with Crippen LogP contribution in [0.3, 0.4) is 0 Å².